The quantitative estimate of drug-likeness (QED) is 0.242. The number of nitrogens with zero attached hydrogens (tertiary/aromatic N) is 3. The van der Waals surface area contributed by atoms with Gasteiger partial charge >= 0.3 is 17.9 Å². The number of carbonyl (C=O) groups is 3. The topological polar surface area (TPSA) is 137 Å². The van der Waals surface area contributed by atoms with Crippen LogP contribution in [0.4, 0.5) is 0 Å². The van der Waals surface area contributed by atoms with E-state index < -0.39 is 48.4 Å². The fraction of sp³-hybridized carbons (Fsp3) is 0.769. The number of esters is 3. The van der Waals surface area contributed by atoms with E-state index in [0.717, 1.165) is 0 Å². The number of azide groups is 1. The summed E-state index contributed by atoms with van der Waals surface area (Å²) in [6.45, 7) is 5.00. The van der Waals surface area contributed by atoms with Gasteiger partial charge in [0.25, 0.3) is 0 Å². The van der Waals surface area contributed by atoms with Crippen LogP contribution in [-0.2, 0) is 33.3 Å². The van der Waals surface area contributed by atoms with E-state index in [0.29, 0.717) is 0 Å². The van der Waals surface area contributed by atoms with Crippen molar-refractivity contribution < 1.29 is 33.3 Å². The Morgan fingerprint density at radius 3 is 2.13 bits per heavy atom. The Labute approximate surface area is 132 Å². The maximum Gasteiger partial charge on any atom is 0.303 e. The Bertz CT molecular complexity index is 518. The van der Waals surface area contributed by atoms with Gasteiger partial charge in [-0.1, -0.05) is 12.0 Å². The molecule has 5 atom stereocenters. The van der Waals surface area contributed by atoms with E-state index in [4.69, 9.17) is 24.5 Å². The van der Waals surface area contributed by atoms with Gasteiger partial charge in [-0.05, 0) is 5.53 Å². The lowest BCUT2D eigenvalue weighted by Gasteiger charge is -2.42. The first-order valence-electron chi connectivity index (χ1n) is 6.93. The molecule has 0 N–H and O–H groups in total. The molecule has 128 valence electrons. The Balaban J connectivity index is 3.09. The molecule has 0 aromatic rings. The number of ether oxygens (including phenoxy) is 4. The van der Waals surface area contributed by atoms with Crippen molar-refractivity contribution in [3.63, 3.8) is 0 Å². The predicted octanol–water partition coefficient (Wildman–Crippen LogP) is 1.08. The highest BCUT2D eigenvalue weighted by molar-refractivity contribution is 5.67. The third-order valence-electron chi connectivity index (χ3n) is 3.19. The van der Waals surface area contributed by atoms with Crippen LogP contribution in [0.5, 0.6) is 0 Å². The zero-order valence-corrected chi connectivity index (χ0v) is 13.3. The molecular formula is C13H19N3O7. The fourth-order valence-electron chi connectivity index (χ4n) is 2.27. The Hall–Kier alpha value is -2.32. The third-order valence-corrected chi connectivity index (χ3v) is 3.19. The van der Waals surface area contributed by atoms with Gasteiger partial charge in [0.1, 0.15) is 25.0 Å². The molecule has 1 aliphatic rings. The van der Waals surface area contributed by atoms with Gasteiger partial charge in [0.2, 0.25) is 0 Å². The highest BCUT2D eigenvalue weighted by atomic mass is 16.6. The smallest absolute Gasteiger partial charge is 0.303 e. The minimum absolute atomic E-state index is 0.241. The molecule has 0 bridgehead atoms. The Morgan fingerprint density at radius 2 is 1.65 bits per heavy atom. The predicted molar refractivity (Wildman–Crippen MR) is 74.7 cm³/mol. The van der Waals surface area contributed by atoms with E-state index >= 15 is 0 Å². The van der Waals surface area contributed by atoms with Gasteiger partial charge in [-0.3, -0.25) is 14.4 Å². The average Bonchev–Trinajstić information content (AvgIpc) is 2.43. The van der Waals surface area contributed by atoms with Gasteiger partial charge in [0, 0.05) is 31.6 Å². The normalized spacial score (nSPS) is 29.8. The summed E-state index contributed by atoms with van der Waals surface area (Å²) in [7, 11) is 0. The summed E-state index contributed by atoms with van der Waals surface area (Å²) in [6.07, 6.45) is -3.78. The maximum atomic E-state index is 11.3. The van der Waals surface area contributed by atoms with Crippen molar-refractivity contribution in [3.8, 4) is 0 Å². The molecule has 0 aliphatic carbocycles. The fourth-order valence-corrected chi connectivity index (χ4v) is 2.27. The maximum absolute atomic E-state index is 11.3. The first-order valence-corrected chi connectivity index (χ1v) is 6.93. The van der Waals surface area contributed by atoms with Crippen LogP contribution in [0.15, 0.2) is 5.11 Å². The molecule has 2 unspecified atom stereocenters. The summed E-state index contributed by atoms with van der Waals surface area (Å²) in [4.78, 5) is 36.3. The lowest BCUT2D eigenvalue weighted by Crippen LogP contribution is -2.57. The zero-order valence-electron chi connectivity index (χ0n) is 13.3. The van der Waals surface area contributed by atoms with Crippen LogP contribution < -0.4 is 0 Å². The minimum atomic E-state index is -0.990. The summed E-state index contributed by atoms with van der Waals surface area (Å²) in [5.74, 6) is -2.32. The van der Waals surface area contributed by atoms with Crippen molar-refractivity contribution >= 4 is 17.9 Å². The van der Waals surface area contributed by atoms with Gasteiger partial charge in [-0.2, -0.15) is 0 Å². The van der Waals surface area contributed by atoms with Crippen LogP contribution in [0.1, 0.15) is 27.7 Å². The molecule has 0 saturated carbocycles. The summed E-state index contributed by atoms with van der Waals surface area (Å²) in [6, 6.07) is 0. The van der Waals surface area contributed by atoms with E-state index in [1.54, 1.807) is 6.92 Å². The lowest BCUT2D eigenvalue weighted by molar-refractivity contribution is -0.229. The van der Waals surface area contributed by atoms with Crippen molar-refractivity contribution in [1.82, 2.24) is 0 Å². The van der Waals surface area contributed by atoms with Gasteiger partial charge in [0.05, 0.1) is 0 Å². The molecule has 1 fully saturated rings. The number of hydrogen-bond acceptors (Lipinski definition) is 8. The van der Waals surface area contributed by atoms with Crippen molar-refractivity contribution in [2.45, 2.75) is 52.2 Å². The number of rotatable bonds is 5. The van der Waals surface area contributed by atoms with Crippen LogP contribution in [-0.4, -0.2) is 49.1 Å². The van der Waals surface area contributed by atoms with E-state index in [2.05, 4.69) is 10.0 Å². The molecule has 0 aromatic heterocycles. The summed E-state index contributed by atoms with van der Waals surface area (Å²) in [5, 5.41) is 3.50. The first kappa shape index (κ1) is 18.7. The minimum Gasteiger partial charge on any atom is -0.463 e. The SMILES string of the molecule is CC(=O)OCC1O[C@@H](N=[N+]=[N-])C(C)[C@@H](OC(C)=O)[C@H]1OC(C)=O. The van der Waals surface area contributed by atoms with Gasteiger partial charge in [-0.15, -0.1) is 0 Å². The average molecular weight is 329 g/mol. The second-order valence-corrected chi connectivity index (χ2v) is 5.08. The summed E-state index contributed by atoms with van der Waals surface area (Å²) in [5.41, 5.74) is 8.62. The number of hydrogen-bond donors (Lipinski definition) is 0. The lowest BCUT2D eigenvalue weighted by atomic mass is 9.91. The molecule has 10 heteroatoms. The van der Waals surface area contributed by atoms with Crippen LogP contribution >= 0.6 is 0 Å². The highest BCUT2D eigenvalue weighted by Crippen LogP contribution is 2.31. The standard InChI is InChI=1S/C13H19N3O7/c1-6-11(21-8(3)18)12(22-9(4)19)10(5-20-7(2)17)23-13(6)15-16-14/h6,10-13H,5H2,1-4H3/t6?,10?,11-,12+,13-/m1/s1. The summed E-state index contributed by atoms with van der Waals surface area (Å²) < 4.78 is 20.8. The first-order chi connectivity index (χ1) is 10.8. The van der Waals surface area contributed by atoms with E-state index in [9.17, 15) is 14.4 Å². The molecule has 0 radical (unpaired) electrons. The van der Waals surface area contributed by atoms with Gasteiger partial charge in [-0.25, -0.2) is 0 Å². The molecule has 0 amide bonds. The molecule has 1 heterocycles. The molecule has 0 spiro atoms. The second kappa shape index (κ2) is 8.35. The zero-order chi connectivity index (χ0) is 17.6. The largest absolute Gasteiger partial charge is 0.463 e. The van der Waals surface area contributed by atoms with Crippen LogP contribution in [0.3, 0.4) is 0 Å². The van der Waals surface area contributed by atoms with Crippen molar-refractivity contribution in [1.29, 1.82) is 0 Å². The molecule has 0 aromatic carbocycles. The monoisotopic (exact) mass is 329 g/mol. The van der Waals surface area contributed by atoms with E-state index in [1.807, 2.05) is 0 Å². The Kier molecular flexibility index (Phi) is 6.80. The molecule has 1 aliphatic heterocycles. The highest BCUT2D eigenvalue weighted by Gasteiger charge is 2.48. The van der Waals surface area contributed by atoms with Crippen molar-refractivity contribution in [3.05, 3.63) is 10.4 Å². The van der Waals surface area contributed by atoms with E-state index in [1.165, 1.54) is 20.8 Å². The van der Waals surface area contributed by atoms with Crippen molar-refractivity contribution in [2.24, 2.45) is 11.0 Å². The van der Waals surface area contributed by atoms with Gasteiger partial charge in [0.15, 0.2) is 6.10 Å². The van der Waals surface area contributed by atoms with Crippen LogP contribution in [0.2, 0.25) is 0 Å². The molecule has 1 saturated heterocycles. The van der Waals surface area contributed by atoms with E-state index in [-0.39, 0.29) is 6.61 Å². The molecule has 10 nitrogen and oxygen atoms in total. The molecular weight excluding hydrogens is 310 g/mol. The van der Waals surface area contributed by atoms with Crippen LogP contribution in [0.25, 0.3) is 10.4 Å². The molecule has 23 heavy (non-hydrogen) atoms. The van der Waals surface area contributed by atoms with Crippen LogP contribution in [0, 0.1) is 5.92 Å². The number of carbonyl (C=O) groups excluding carboxylic acids is 3. The van der Waals surface area contributed by atoms with Gasteiger partial charge < -0.3 is 18.9 Å². The third kappa shape index (κ3) is 5.42. The van der Waals surface area contributed by atoms with Crippen molar-refractivity contribution in [2.75, 3.05) is 6.61 Å². The Morgan fingerprint density at radius 1 is 1.09 bits per heavy atom. The second-order valence-electron chi connectivity index (χ2n) is 5.08. The molecule has 1 rings (SSSR count). The summed E-state index contributed by atoms with van der Waals surface area (Å²) >= 11 is 0.